The van der Waals surface area contributed by atoms with E-state index in [0.29, 0.717) is 50.5 Å². The quantitative estimate of drug-likeness (QED) is 0.282. The summed E-state index contributed by atoms with van der Waals surface area (Å²) in [6.45, 7) is 3.90. The monoisotopic (exact) mass is 546 g/mol. The molecule has 7 rings (SSSR count). The molecule has 38 heavy (non-hydrogen) atoms. The summed E-state index contributed by atoms with van der Waals surface area (Å²) >= 11 is 12.9. The Hall–Kier alpha value is -3.42. The Kier molecular flexibility index (Phi) is 5.49. The van der Waals surface area contributed by atoms with Gasteiger partial charge in [-0.2, -0.15) is 0 Å². The van der Waals surface area contributed by atoms with Gasteiger partial charge in [-0.05, 0) is 67.3 Å². The molecule has 2 unspecified atom stereocenters. The number of benzene rings is 1. The van der Waals surface area contributed by atoms with Crippen LogP contribution in [0, 0.1) is 24.7 Å². The SMILES string of the molecule is Cc1cc(C(=O)O)nc2ccc(N3CC4C(C=Cc5c(-c6c(Cl)cncc6Cl)noc5C5CC5)C4C3)cc12. The standard InChI is InChI=1S/C29H24Cl2N4O3/c1-14-8-25(29(36)37)33-24-7-4-16(9-19(14)24)35-12-20-17(21(20)13-35)5-6-18-27(34-38-28(18)15-2-3-15)26-22(30)10-32-11-23(26)31/h4-11,15,17,20-21H,2-3,12-13H2,1H3,(H,36,37). The van der Waals surface area contributed by atoms with E-state index in [1.54, 1.807) is 18.5 Å². The van der Waals surface area contributed by atoms with E-state index in [0.717, 1.165) is 53.9 Å². The Morgan fingerprint density at radius 3 is 2.55 bits per heavy atom. The zero-order valence-electron chi connectivity index (χ0n) is 20.6. The molecular weight excluding hydrogens is 523 g/mol. The van der Waals surface area contributed by atoms with Crippen molar-refractivity contribution in [3.05, 3.63) is 75.4 Å². The third-order valence-corrected chi connectivity index (χ3v) is 8.70. The normalized spacial score (nSPS) is 22.4. The highest BCUT2D eigenvalue weighted by Crippen LogP contribution is 2.54. The van der Waals surface area contributed by atoms with Crippen molar-refractivity contribution in [1.82, 2.24) is 15.1 Å². The van der Waals surface area contributed by atoms with Gasteiger partial charge in [0.2, 0.25) is 0 Å². The molecule has 9 heteroatoms. The number of hydrogen-bond acceptors (Lipinski definition) is 6. The minimum absolute atomic E-state index is 0.0779. The number of allylic oxidation sites excluding steroid dienone is 1. The maximum absolute atomic E-state index is 11.3. The van der Waals surface area contributed by atoms with Crippen LogP contribution < -0.4 is 4.90 Å². The predicted molar refractivity (Wildman–Crippen MR) is 147 cm³/mol. The lowest BCUT2D eigenvalue weighted by Crippen LogP contribution is -2.23. The van der Waals surface area contributed by atoms with Crippen molar-refractivity contribution in [3.63, 3.8) is 0 Å². The lowest BCUT2D eigenvalue weighted by Gasteiger charge is -2.22. The third-order valence-electron chi connectivity index (χ3n) is 8.12. The summed E-state index contributed by atoms with van der Waals surface area (Å²) in [5.74, 6) is 2.01. The lowest BCUT2D eigenvalue weighted by atomic mass is 10.0. The number of fused-ring (bicyclic) bond motifs is 2. The Bertz CT molecular complexity index is 1610. The number of rotatable bonds is 6. The van der Waals surface area contributed by atoms with E-state index in [1.165, 1.54) is 0 Å². The molecule has 1 saturated heterocycles. The van der Waals surface area contributed by atoms with Gasteiger partial charge in [0, 0.05) is 53.6 Å². The molecule has 7 nitrogen and oxygen atoms in total. The van der Waals surface area contributed by atoms with Crippen LogP contribution in [-0.2, 0) is 0 Å². The maximum Gasteiger partial charge on any atom is 0.354 e. The number of aromatic carboxylic acids is 1. The van der Waals surface area contributed by atoms with Gasteiger partial charge in [0.15, 0.2) is 0 Å². The van der Waals surface area contributed by atoms with Gasteiger partial charge < -0.3 is 14.5 Å². The van der Waals surface area contributed by atoms with Gasteiger partial charge in [-0.1, -0.05) is 40.5 Å². The van der Waals surface area contributed by atoms with Crippen molar-refractivity contribution in [2.75, 3.05) is 18.0 Å². The van der Waals surface area contributed by atoms with Gasteiger partial charge in [-0.3, -0.25) is 4.98 Å². The molecule has 2 atom stereocenters. The molecule has 0 amide bonds. The average molecular weight is 547 g/mol. The van der Waals surface area contributed by atoms with Crippen LogP contribution in [0.25, 0.3) is 28.2 Å². The largest absolute Gasteiger partial charge is 0.477 e. The molecule has 0 bridgehead atoms. The first-order valence-corrected chi connectivity index (χ1v) is 13.5. The summed E-state index contributed by atoms with van der Waals surface area (Å²) in [6.07, 6.45) is 9.84. The molecule has 4 heterocycles. The van der Waals surface area contributed by atoms with E-state index in [9.17, 15) is 9.90 Å². The number of carboxylic acid groups (broad SMARTS) is 1. The van der Waals surface area contributed by atoms with Crippen LogP contribution in [0.5, 0.6) is 0 Å². The summed E-state index contributed by atoms with van der Waals surface area (Å²) in [6, 6.07) is 7.74. The second-order valence-corrected chi connectivity index (χ2v) is 11.4. The van der Waals surface area contributed by atoms with E-state index >= 15 is 0 Å². The highest BCUT2D eigenvalue weighted by atomic mass is 35.5. The number of carbonyl (C=O) groups is 1. The Labute approximate surface area is 229 Å². The fraction of sp³-hybridized carbons (Fsp3) is 0.310. The topological polar surface area (TPSA) is 92.3 Å². The highest BCUT2D eigenvalue weighted by molar-refractivity contribution is 6.39. The summed E-state index contributed by atoms with van der Waals surface area (Å²) in [4.78, 5) is 22.1. The molecule has 1 aliphatic heterocycles. The van der Waals surface area contributed by atoms with Crippen LogP contribution in [0.4, 0.5) is 5.69 Å². The number of aromatic nitrogens is 3. The minimum Gasteiger partial charge on any atom is -0.477 e. The van der Waals surface area contributed by atoms with Gasteiger partial charge in [0.1, 0.15) is 17.1 Å². The maximum atomic E-state index is 11.3. The predicted octanol–water partition coefficient (Wildman–Crippen LogP) is 6.87. The molecule has 192 valence electrons. The number of carboxylic acids is 1. The number of nitrogens with zero attached hydrogens (tertiary/aromatic N) is 4. The van der Waals surface area contributed by atoms with Crippen LogP contribution in [0.15, 0.2) is 47.3 Å². The van der Waals surface area contributed by atoms with E-state index < -0.39 is 5.97 Å². The van der Waals surface area contributed by atoms with Crippen molar-refractivity contribution < 1.29 is 14.4 Å². The summed E-state index contributed by atoms with van der Waals surface area (Å²) in [7, 11) is 0. The van der Waals surface area contributed by atoms with Gasteiger partial charge in [0.05, 0.1) is 15.6 Å². The summed E-state index contributed by atoms with van der Waals surface area (Å²) < 4.78 is 5.79. The summed E-state index contributed by atoms with van der Waals surface area (Å²) in [5, 5.41) is 15.6. The smallest absolute Gasteiger partial charge is 0.354 e. The fourth-order valence-corrected chi connectivity index (χ4v) is 6.44. The van der Waals surface area contributed by atoms with E-state index in [2.05, 4.69) is 38.2 Å². The molecule has 4 aromatic rings. The van der Waals surface area contributed by atoms with Gasteiger partial charge in [-0.25, -0.2) is 9.78 Å². The molecule has 1 aromatic carbocycles. The molecular formula is C29H24Cl2N4O3. The number of piperidine rings is 1. The highest BCUT2D eigenvalue weighted by Gasteiger charge is 2.54. The van der Waals surface area contributed by atoms with Crippen molar-refractivity contribution in [3.8, 4) is 11.3 Å². The van der Waals surface area contributed by atoms with Crippen molar-refractivity contribution >= 4 is 51.8 Å². The number of anilines is 1. The van der Waals surface area contributed by atoms with Gasteiger partial charge in [-0.15, -0.1) is 0 Å². The molecule has 0 spiro atoms. The zero-order chi connectivity index (χ0) is 26.1. The lowest BCUT2D eigenvalue weighted by molar-refractivity contribution is 0.0691. The fourth-order valence-electron chi connectivity index (χ4n) is 5.89. The van der Waals surface area contributed by atoms with Crippen LogP contribution in [0.3, 0.4) is 0 Å². The van der Waals surface area contributed by atoms with E-state index in [-0.39, 0.29) is 5.69 Å². The van der Waals surface area contributed by atoms with E-state index in [1.807, 2.05) is 19.1 Å². The van der Waals surface area contributed by atoms with Crippen molar-refractivity contribution in [1.29, 1.82) is 0 Å². The Morgan fingerprint density at radius 2 is 1.87 bits per heavy atom. The van der Waals surface area contributed by atoms with E-state index in [4.69, 9.17) is 27.7 Å². The van der Waals surface area contributed by atoms with Crippen LogP contribution in [0.1, 0.15) is 46.1 Å². The van der Waals surface area contributed by atoms with Crippen molar-refractivity contribution in [2.45, 2.75) is 25.7 Å². The van der Waals surface area contributed by atoms with Gasteiger partial charge >= 0.3 is 5.97 Å². The first-order valence-electron chi connectivity index (χ1n) is 12.8. The minimum atomic E-state index is -1.01. The number of halogens is 2. The zero-order valence-corrected chi connectivity index (χ0v) is 22.1. The Morgan fingerprint density at radius 1 is 1.13 bits per heavy atom. The molecule has 2 saturated carbocycles. The second kappa shape index (κ2) is 8.82. The van der Waals surface area contributed by atoms with Crippen molar-refractivity contribution in [2.24, 2.45) is 17.8 Å². The number of hydrogen-bond donors (Lipinski definition) is 1. The summed E-state index contributed by atoms with van der Waals surface area (Å²) in [5.41, 5.74) is 5.18. The van der Waals surface area contributed by atoms with Gasteiger partial charge in [0.25, 0.3) is 0 Å². The Balaban J connectivity index is 1.10. The molecule has 1 N–H and O–H groups in total. The third kappa shape index (κ3) is 3.96. The number of aryl methyl sites for hydroxylation is 1. The second-order valence-electron chi connectivity index (χ2n) is 10.6. The molecule has 3 aliphatic rings. The molecule has 2 aliphatic carbocycles. The first kappa shape index (κ1) is 23.7. The van der Waals surface area contributed by atoms with Crippen LogP contribution in [-0.4, -0.2) is 39.3 Å². The molecule has 3 fully saturated rings. The molecule has 0 radical (unpaired) electrons. The average Bonchev–Trinajstić information content (AvgIpc) is 3.76. The molecule has 3 aromatic heterocycles. The first-order chi connectivity index (χ1) is 18.4. The van der Waals surface area contributed by atoms with Crippen LogP contribution >= 0.6 is 23.2 Å². The van der Waals surface area contributed by atoms with Crippen LogP contribution in [0.2, 0.25) is 10.0 Å². The number of pyridine rings is 2.